The third-order valence-electron chi connectivity index (χ3n) is 4.42. The van der Waals surface area contributed by atoms with E-state index in [0.717, 1.165) is 0 Å². The van der Waals surface area contributed by atoms with Gasteiger partial charge in [0.2, 0.25) is 0 Å². The van der Waals surface area contributed by atoms with Gasteiger partial charge in [-0.05, 0) is 12.1 Å². The fourth-order valence-corrected chi connectivity index (χ4v) is 3.01. The van der Waals surface area contributed by atoms with E-state index in [1.165, 1.54) is 17.2 Å². The Labute approximate surface area is 153 Å². The number of anilines is 1. The lowest BCUT2D eigenvalue weighted by Gasteiger charge is -2.16. The highest BCUT2D eigenvalue weighted by atomic mass is 16.6. The molecule has 0 saturated carbocycles. The van der Waals surface area contributed by atoms with Crippen LogP contribution in [0.3, 0.4) is 0 Å². The zero-order valence-electron chi connectivity index (χ0n) is 14.0. The van der Waals surface area contributed by atoms with Gasteiger partial charge in [-0.15, -0.1) is 0 Å². The number of nitrogens with one attached hydrogen (secondary N) is 1. The van der Waals surface area contributed by atoms with Crippen molar-refractivity contribution in [1.29, 1.82) is 0 Å². The number of carbonyl (C=O) groups is 1. The first kappa shape index (κ1) is 17.5. The number of aromatic nitrogens is 4. The van der Waals surface area contributed by atoms with Crippen LogP contribution in [0.25, 0.3) is 11.2 Å². The van der Waals surface area contributed by atoms with Crippen LogP contribution in [-0.4, -0.2) is 65.7 Å². The van der Waals surface area contributed by atoms with Crippen molar-refractivity contribution in [3.05, 3.63) is 48.5 Å². The Kier molecular flexibility index (Phi) is 4.54. The Morgan fingerprint density at radius 3 is 2.63 bits per heavy atom. The van der Waals surface area contributed by atoms with Gasteiger partial charge in [0.15, 0.2) is 23.2 Å². The summed E-state index contributed by atoms with van der Waals surface area (Å²) in [7, 11) is 0. The minimum atomic E-state index is -1.27. The summed E-state index contributed by atoms with van der Waals surface area (Å²) in [5, 5.41) is 32.1. The van der Waals surface area contributed by atoms with E-state index in [9.17, 15) is 20.1 Å². The van der Waals surface area contributed by atoms with Crippen LogP contribution in [0.2, 0.25) is 0 Å². The molecular formula is C17H17N5O5. The van der Waals surface area contributed by atoms with Crippen molar-refractivity contribution in [3.63, 3.8) is 0 Å². The molecule has 140 valence electrons. The third kappa shape index (κ3) is 3.04. The number of ether oxygens (including phenoxy) is 1. The second-order valence-electron chi connectivity index (χ2n) is 6.10. The molecule has 0 radical (unpaired) electrons. The molecule has 3 unspecified atom stereocenters. The van der Waals surface area contributed by atoms with Crippen molar-refractivity contribution in [1.82, 2.24) is 19.5 Å². The highest BCUT2D eigenvalue weighted by Gasteiger charge is 2.44. The zero-order valence-corrected chi connectivity index (χ0v) is 14.0. The summed E-state index contributed by atoms with van der Waals surface area (Å²) in [5.41, 5.74) is 1.08. The number of imidazole rings is 1. The van der Waals surface area contributed by atoms with E-state index in [4.69, 9.17) is 4.74 Å². The van der Waals surface area contributed by atoms with Crippen molar-refractivity contribution in [2.75, 3.05) is 11.9 Å². The molecule has 4 rings (SSSR count). The minimum absolute atomic E-state index is 0.208. The normalized spacial score (nSPS) is 25.0. The standard InChI is InChI=1S/C17H17N5O5/c23-6-10-12(24)13(25)17(27-10)22-8-20-11-14(18-7-19-15(11)22)21-16(26)9-4-2-1-3-5-9/h1-5,7-8,10,12-13,17,23-25H,6H2,(H,18,19,21,26)/t10-,12?,13?,17?/m1/s1. The lowest BCUT2D eigenvalue weighted by molar-refractivity contribution is -0.0511. The number of fused-ring (bicyclic) bond motifs is 1. The van der Waals surface area contributed by atoms with E-state index in [1.807, 2.05) is 6.07 Å². The summed E-state index contributed by atoms with van der Waals surface area (Å²) in [6.07, 6.45) is -1.77. The van der Waals surface area contributed by atoms with E-state index in [1.54, 1.807) is 24.3 Å². The number of nitrogens with zero attached hydrogens (tertiary/aromatic N) is 4. The maximum absolute atomic E-state index is 12.4. The molecule has 4 N–H and O–H groups in total. The number of benzene rings is 1. The van der Waals surface area contributed by atoms with Gasteiger partial charge < -0.3 is 25.4 Å². The molecule has 2 aromatic heterocycles. The quantitative estimate of drug-likeness (QED) is 0.489. The molecule has 1 fully saturated rings. The van der Waals surface area contributed by atoms with Gasteiger partial charge in [0.1, 0.15) is 24.6 Å². The smallest absolute Gasteiger partial charge is 0.256 e. The number of aliphatic hydroxyl groups is 3. The Morgan fingerprint density at radius 1 is 1.15 bits per heavy atom. The van der Waals surface area contributed by atoms with Crippen LogP contribution in [0.15, 0.2) is 43.0 Å². The molecule has 0 spiro atoms. The molecule has 0 bridgehead atoms. The van der Waals surface area contributed by atoms with Crippen molar-refractivity contribution < 1.29 is 24.9 Å². The number of hydrogen-bond donors (Lipinski definition) is 4. The minimum Gasteiger partial charge on any atom is -0.394 e. The molecule has 3 aromatic rings. The van der Waals surface area contributed by atoms with Gasteiger partial charge in [0, 0.05) is 5.56 Å². The summed E-state index contributed by atoms with van der Waals surface area (Å²) < 4.78 is 6.93. The summed E-state index contributed by atoms with van der Waals surface area (Å²) in [4.78, 5) is 24.8. The average molecular weight is 371 g/mol. The van der Waals surface area contributed by atoms with Crippen molar-refractivity contribution in [2.24, 2.45) is 0 Å². The van der Waals surface area contributed by atoms with Gasteiger partial charge >= 0.3 is 0 Å². The number of rotatable bonds is 4. The zero-order chi connectivity index (χ0) is 19.0. The molecule has 1 saturated heterocycles. The summed E-state index contributed by atoms with van der Waals surface area (Å²) in [5.74, 6) is -0.141. The first-order chi connectivity index (χ1) is 13.1. The molecule has 4 atom stereocenters. The summed E-state index contributed by atoms with van der Waals surface area (Å²) >= 11 is 0. The van der Waals surface area contributed by atoms with Gasteiger partial charge in [0.25, 0.3) is 5.91 Å². The topological polar surface area (TPSA) is 143 Å². The van der Waals surface area contributed by atoms with E-state index in [-0.39, 0.29) is 11.7 Å². The Morgan fingerprint density at radius 2 is 1.93 bits per heavy atom. The molecule has 1 amide bonds. The van der Waals surface area contributed by atoms with E-state index in [2.05, 4.69) is 20.3 Å². The van der Waals surface area contributed by atoms with E-state index in [0.29, 0.717) is 16.7 Å². The highest BCUT2D eigenvalue weighted by molar-refractivity contribution is 6.06. The second-order valence-corrected chi connectivity index (χ2v) is 6.10. The predicted molar refractivity (Wildman–Crippen MR) is 92.7 cm³/mol. The summed E-state index contributed by atoms with van der Waals surface area (Å²) in [6.45, 7) is -0.436. The van der Waals surface area contributed by atoms with Crippen LogP contribution in [-0.2, 0) is 4.74 Å². The molecule has 10 heteroatoms. The van der Waals surface area contributed by atoms with Gasteiger partial charge in [-0.25, -0.2) is 15.0 Å². The van der Waals surface area contributed by atoms with E-state index >= 15 is 0 Å². The van der Waals surface area contributed by atoms with Crippen LogP contribution in [0.1, 0.15) is 16.6 Å². The van der Waals surface area contributed by atoms with E-state index < -0.39 is 31.1 Å². The number of hydrogen-bond acceptors (Lipinski definition) is 8. The fourth-order valence-electron chi connectivity index (χ4n) is 3.01. The second kappa shape index (κ2) is 7.00. The molecule has 0 aliphatic carbocycles. The fraction of sp³-hybridized carbons (Fsp3) is 0.294. The van der Waals surface area contributed by atoms with Crippen LogP contribution >= 0.6 is 0 Å². The van der Waals surface area contributed by atoms with Crippen LogP contribution in [0.4, 0.5) is 5.82 Å². The molecule has 1 aliphatic heterocycles. The molecule has 3 heterocycles. The molecular weight excluding hydrogens is 354 g/mol. The lowest BCUT2D eigenvalue weighted by Crippen LogP contribution is -2.33. The molecule has 10 nitrogen and oxygen atoms in total. The van der Waals surface area contributed by atoms with Gasteiger partial charge in [-0.1, -0.05) is 18.2 Å². The van der Waals surface area contributed by atoms with Gasteiger partial charge in [-0.3, -0.25) is 9.36 Å². The number of amides is 1. The maximum Gasteiger partial charge on any atom is 0.256 e. The maximum atomic E-state index is 12.4. The summed E-state index contributed by atoms with van der Waals surface area (Å²) in [6, 6.07) is 8.65. The largest absolute Gasteiger partial charge is 0.394 e. The first-order valence-corrected chi connectivity index (χ1v) is 8.26. The Hall–Kier alpha value is -2.92. The lowest BCUT2D eigenvalue weighted by atomic mass is 10.1. The van der Waals surface area contributed by atoms with Gasteiger partial charge in [0.05, 0.1) is 12.9 Å². The molecule has 27 heavy (non-hydrogen) atoms. The van der Waals surface area contributed by atoms with Crippen LogP contribution in [0.5, 0.6) is 0 Å². The predicted octanol–water partition coefficient (Wildman–Crippen LogP) is -0.310. The van der Waals surface area contributed by atoms with Crippen molar-refractivity contribution in [3.8, 4) is 0 Å². The number of aliphatic hydroxyl groups excluding tert-OH is 3. The molecule has 1 aliphatic rings. The van der Waals surface area contributed by atoms with Crippen LogP contribution < -0.4 is 5.32 Å². The third-order valence-corrected chi connectivity index (χ3v) is 4.42. The van der Waals surface area contributed by atoms with Crippen molar-refractivity contribution in [2.45, 2.75) is 24.5 Å². The SMILES string of the molecule is O=C(Nc1ncnc2c1ncn2C1O[C@H](CO)C(O)C1O)c1ccccc1. The Bertz CT molecular complexity index is 963. The van der Waals surface area contributed by atoms with Gasteiger partial charge in [-0.2, -0.15) is 0 Å². The van der Waals surface area contributed by atoms with Crippen molar-refractivity contribution >= 4 is 22.9 Å². The first-order valence-electron chi connectivity index (χ1n) is 8.26. The highest BCUT2D eigenvalue weighted by Crippen LogP contribution is 2.32. The average Bonchev–Trinajstić information content (AvgIpc) is 3.25. The molecule has 1 aromatic carbocycles. The monoisotopic (exact) mass is 371 g/mol. The Balaban J connectivity index is 1.65. The number of carbonyl (C=O) groups excluding carboxylic acids is 1. The van der Waals surface area contributed by atoms with Crippen LogP contribution in [0, 0.1) is 0 Å².